The average molecular weight is 159 g/mol. The monoisotopic (exact) mass is 158 g/mol. The van der Waals surface area contributed by atoms with E-state index < -0.39 is 11.7 Å². The van der Waals surface area contributed by atoms with Crippen LogP contribution in [0.15, 0.2) is 0 Å². The van der Waals surface area contributed by atoms with Crippen molar-refractivity contribution in [3.05, 3.63) is 0 Å². The Morgan fingerprint density at radius 1 is 1.56 bits per heavy atom. The van der Waals surface area contributed by atoms with Crippen molar-refractivity contribution in [3.63, 3.8) is 0 Å². The number of aliphatic hydroxyl groups excluding tert-OH is 2. The molecule has 1 unspecified atom stereocenters. The fourth-order valence-electron chi connectivity index (χ4n) is 0. The zero-order valence-electron chi connectivity index (χ0n) is 4.36. The molecule has 0 aliphatic rings. The summed E-state index contributed by atoms with van der Waals surface area (Å²) in [6, 6.07) is 0. The minimum absolute atomic E-state index is 0.373. The Balaban J connectivity index is 0. The van der Waals surface area contributed by atoms with Crippen LogP contribution in [0.3, 0.4) is 0 Å². The van der Waals surface area contributed by atoms with Gasteiger partial charge in [0.05, 0.1) is 6.61 Å². The molecule has 4 N–H and O–H groups in total. The van der Waals surface area contributed by atoms with Gasteiger partial charge in [-0.05, 0) is 0 Å². The highest BCUT2D eigenvalue weighted by Gasteiger charge is 1.86. The number of hydrogen-bond acceptors (Lipinski definition) is 3. The first-order valence-corrected chi connectivity index (χ1v) is 2.29. The van der Waals surface area contributed by atoms with Gasteiger partial charge in [-0.15, -0.1) is 0 Å². The topological polar surface area (TPSA) is 98.0 Å². The summed E-state index contributed by atoms with van der Waals surface area (Å²) < 4.78 is 0. The molecule has 0 bridgehead atoms. The summed E-state index contributed by atoms with van der Waals surface area (Å²) in [6.07, 6.45) is -1.83. The van der Waals surface area contributed by atoms with Crippen LogP contribution >= 0.6 is 11.6 Å². The number of halogens is 1. The maximum Gasteiger partial charge on any atom is 0.503 e. The lowest BCUT2D eigenvalue weighted by molar-refractivity contribution is 0.137. The van der Waals surface area contributed by atoms with Gasteiger partial charge in [0.15, 0.2) is 5.56 Å². The highest BCUT2D eigenvalue weighted by atomic mass is 35.5. The molecule has 0 fully saturated rings. The molecular formula is C3H7ClO5. The molecule has 5 nitrogen and oxygen atoms in total. The van der Waals surface area contributed by atoms with Crippen molar-refractivity contribution in [3.8, 4) is 0 Å². The Morgan fingerprint density at radius 3 is 1.67 bits per heavy atom. The first-order chi connectivity index (χ1) is 4.00. The lowest BCUT2D eigenvalue weighted by atomic mass is 10.8. The van der Waals surface area contributed by atoms with Crippen LogP contribution in [-0.4, -0.2) is 38.8 Å². The van der Waals surface area contributed by atoms with Gasteiger partial charge in [-0.1, -0.05) is 11.6 Å². The Bertz CT molecular complexity index is 68.6. The maximum atomic E-state index is 8.56. The van der Waals surface area contributed by atoms with E-state index in [1.807, 2.05) is 0 Å². The van der Waals surface area contributed by atoms with Gasteiger partial charge in [0.25, 0.3) is 0 Å². The Kier molecular flexibility index (Phi) is 9.39. The second kappa shape index (κ2) is 7.48. The summed E-state index contributed by atoms with van der Waals surface area (Å²) >= 11 is 4.77. The lowest BCUT2D eigenvalue weighted by Crippen LogP contribution is -1.99. The number of carbonyl (C=O) groups is 1. The van der Waals surface area contributed by atoms with Gasteiger partial charge in [-0.3, -0.25) is 0 Å². The van der Waals surface area contributed by atoms with E-state index in [1.165, 1.54) is 0 Å². The Labute approximate surface area is 56.1 Å². The summed E-state index contributed by atoms with van der Waals surface area (Å²) in [5.41, 5.74) is -1.09. The number of carboxylic acid groups (broad SMARTS) is 2. The van der Waals surface area contributed by atoms with Gasteiger partial charge in [-0.25, -0.2) is 4.79 Å². The first kappa shape index (κ1) is 11.3. The summed E-state index contributed by atoms with van der Waals surface area (Å²) in [5.74, 6) is 0. The van der Waals surface area contributed by atoms with Crippen molar-refractivity contribution in [2.24, 2.45) is 0 Å². The SMILES string of the molecule is O=C(O)O.OCC(O)Cl. The van der Waals surface area contributed by atoms with E-state index in [0.29, 0.717) is 0 Å². The third-order valence-corrected chi connectivity index (χ3v) is 0.289. The van der Waals surface area contributed by atoms with Crippen LogP contribution in [0.5, 0.6) is 0 Å². The van der Waals surface area contributed by atoms with Crippen LogP contribution in [0.25, 0.3) is 0 Å². The number of alkyl halides is 1. The highest BCUT2D eigenvalue weighted by Crippen LogP contribution is 1.81. The molecule has 0 aromatic rings. The molecule has 0 spiro atoms. The van der Waals surface area contributed by atoms with E-state index in [1.54, 1.807) is 0 Å². The molecule has 1 atom stereocenters. The molecule has 0 radical (unpaired) electrons. The van der Waals surface area contributed by atoms with Gasteiger partial charge >= 0.3 is 6.16 Å². The molecule has 0 aliphatic carbocycles. The zero-order valence-corrected chi connectivity index (χ0v) is 5.12. The first-order valence-electron chi connectivity index (χ1n) is 1.85. The Hall–Kier alpha value is -0.520. The molecule has 0 saturated heterocycles. The van der Waals surface area contributed by atoms with Crippen molar-refractivity contribution in [1.29, 1.82) is 0 Å². The zero-order chi connectivity index (χ0) is 7.86. The fourth-order valence-corrected chi connectivity index (χ4v) is 0. The van der Waals surface area contributed by atoms with E-state index in [-0.39, 0.29) is 6.61 Å². The fraction of sp³-hybridized carbons (Fsp3) is 0.667. The van der Waals surface area contributed by atoms with Crippen LogP contribution in [-0.2, 0) is 0 Å². The lowest BCUT2D eigenvalue weighted by Gasteiger charge is -1.87. The predicted octanol–water partition coefficient (Wildman–Crippen LogP) is -0.242. The largest absolute Gasteiger partial charge is 0.503 e. The van der Waals surface area contributed by atoms with E-state index in [4.69, 9.17) is 36.8 Å². The molecule has 9 heavy (non-hydrogen) atoms. The third kappa shape index (κ3) is 103. The summed E-state index contributed by atoms with van der Waals surface area (Å²) in [6.45, 7) is -0.373. The van der Waals surface area contributed by atoms with E-state index in [9.17, 15) is 0 Å². The van der Waals surface area contributed by atoms with Crippen molar-refractivity contribution < 1.29 is 25.2 Å². The average Bonchev–Trinajstić information content (AvgIpc) is 1.65. The minimum Gasteiger partial charge on any atom is -0.450 e. The normalized spacial score (nSPS) is 11.0. The van der Waals surface area contributed by atoms with Gasteiger partial charge in [0, 0.05) is 0 Å². The second-order valence-corrected chi connectivity index (χ2v) is 1.40. The molecule has 0 aromatic heterocycles. The van der Waals surface area contributed by atoms with Crippen LogP contribution < -0.4 is 0 Å². The summed E-state index contributed by atoms with van der Waals surface area (Å²) in [4.78, 5) is 8.56. The standard InChI is InChI=1S/C2H5ClO2.CH2O3/c3-2(5)1-4;2-1(3)4/h2,4-5H,1H2;(H2,2,3,4). The quantitative estimate of drug-likeness (QED) is 0.395. The number of hydrogen-bond donors (Lipinski definition) is 4. The van der Waals surface area contributed by atoms with Crippen molar-refractivity contribution >= 4 is 17.8 Å². The van der Waals surface area contributed by atoms with E-state index in [0.717, 1.165) is 0 Å². The molecule has 0 aromatic carbocycles. The number of aliphatic hydroxyl groups is 2. The third-order valence-electron chi connectivity index (χ3n) is 0.151. The molecule has 6 heteroatoms. The molecule has 0 aliphatic heterocycles. The number of rotatable bonds is 1. The minimum atomic E-state index is -1.83. The van der Waals surface area contributed by atoms with Crippen molar-refractivity contribution in [2.75, 3.05) is 6.61 Å². The van der Waals surface area contributed by atoms with Crippen molar-refractivity contribution in [1.82, 2.24) is 0 Å². The summed E-state index contributed by atoms with van der Waals surface area (Å²) in [7, 11) is 0. The smallest absolute Gasteiger partial charge is 0.450 e. The van der Waals surface area contributed by atoms with Gasteiger partial charge in [-0.2, -0.15) is 0 Å². The maximum absolute atomic E-state index is 8.56. The van der Waals surface area contributed by atoms with Gasteiger partial charge in [0.1, 0.15) is 0 Å². The van der Waals surface area contributed by atoms with E-state index >= 15 is 0 Å². The highest BCUT2D eigenvalue weighted by molar-refractivity contribution is 6.19. The van der Waals surface area contributed by atoms with Gasteiger partial charge < -0.3 is 20.4 Å². The van der Waals surface area contributed by atoms with E-state index in [2.05, 4.69) is 0 Å². The molecule has 0 heterocycles. The molecule has 0 saturated carbocycles. The Morgan fingerprint density at radius 2 is 1.67 bits per heavy atom. The molecular weight excluding hydrogens is 151 g/mol. The molecule has 56 valence electrons. The van der Waals surface area contributed by atoms with Crippen LogP contribution in [0.4, 0.5) is 4.79 Å². The summed E-state index contributed by atoms with van der Waals surface area (Å²) in [5, 5.41) is 29.6. The molecule has 0 rings (SSSR count). The van der Waals surface area contributed by atoms with Gasteiger partial charge in [0.2, 0.25) is 0 Å². The predicted molar refractivity (Wildman–Crippen MR) is 29.6 cm³/mol. The van der Waals surface area contributed by atoms with Crippen LogP contribution in [0, 0.1) is 0 Å². The van der Waals surface area contributed by atoms with Crippen molar-refractivity contribution in [2.45, 2.75) is 5.56 Å². The second-order valence-electron chi connectivity index (χ2n) is 0.900. The van der Waals surface area contributed by atoms with Crippen LogP contribution in [0.2, 0.25) is 0 Å². The molecule has 0 amide bonds. The van der Waals surface area contributed by atoms with Crippen LogP contribution in [0.1, 0.15) is 0 Å².